The summed E-state index contributed by atoms with van der Waals surface area (Å²) in [4.78, 5) is 11.8. The fraction of sp³-hybridized carbons (Fsp3) is 0.600. The van der Waals surface area contributed by atoms with E-state index in [1.807, 2.05) is 13.8 Å². The molecule has 1 aromatic rings. The number of aromatic nitrogens is 2. The molecule has 1 fully saturated rings. The van der Waals surface area contributed by atoms with Gasteiger partial charge in [-0.3, -0.25) is 4.79 Å². The van der Waals surface area contributed by atoms with E-state index >= 15 is 0 Å². The molecule has 1 aliphatic rings. The highest BCUT2D eigenvalue weighted by molar-refractivity contribution is 6.32. The van der Waals surface area contributed by atoms with Gasteiger partial charge in [0.1, 0.15) is 5.02 Å². The SMILES string of the molecule is CC(C)n1ncc(NC2CNC2)c(Cl)c1=O. The Balaban J connectivity index is 2.27. The van der Waals surface area contributed by atoms with Crippen LogP contribution in [0, 0.1) is 0 Å². The van der Waals surface area contributed by atoms with Crippen LogP contribution < -0.4 is 16.2 Å². The molecule has 0 radical (unpaired) electrons. The molecular formula is C10H15ClN4O. The summed E-state index contributed by atoms with van der Waals surface area (Å²) in [6, 6.07) is 0.359. The largest absolute Gasteiger partial charge is 0.377 e. The Morgan fingerprint density at radius 3 is 2.81 bits per heavy atom. The molecule has 5 nitrogen and oxygen atoms in total. The topological polar surface area (TPSA) is 59.0 Å². The van der Waals surface area contributed by atoms with Crippen molar-refractivity contribution in [1.29, 1.82) is 0 Å². The van der Waals surface area contributed by atoms with E-state index in [0.717, 1.165) is 13.1 Å². The molecule has 2 heterocycles. The Bertz CT molecular complexity index is 439. The molecule has 2 N–H and O–H groups in total. The molecule has 0 aliphatic carbocycles. The zero-order valence-corrected chi connectivity index (χ0v) is 10.1. The van der Waals surface area contributed by atoms with Crippen molar-refractivity contribution < 1.29 is 0 Å². The molecular weight excluding hydrogens is 228 g/mol. The second-order valence-electron chi connectivity index (χ2n) is 4.22. The molecule has 16 heavy (non-hydrogen) atoms. The van der Waals surface area contributed by atoms with Gasteiger partial charge in [-0.2, -0.15) is 5.10 Å². The number of halogens is 1. The number of nitrogens with one attached hydrogen (secondary N) is 2. The lowest BCUT2D eigenvalue weighted by molar-refractivity contribution is 0.469. The lowest BCUT2D eigenvalue weighted by Crippen LogP contribution is -2.51. The van der Waals surface area contributed by atoms with Gasteiger partial charge in [0, 0.05) is 13.1 Å². The number of anilines is 1. The van der Waals surface area contributed by atoms with E-state index in [4.69, 9.17) is 11.6 Å². The lowest BCUT2D eigenvalue weighted by Gasteiger charge is -2.29. The van der Waals surface area contributed by atoms with Crippen molar-refractivity contribution in [3.63, 3.8) is 0 Å². The number of rotatable bonds is 3. The highest BCUT2D eigenvalue weighted by Gasteiger charge is 2.19. The molecule has 0 amide bonds. The van der Waals surface area contributed by atoms with Crippen molar-refractivity contribution >= 4 is 17.3 Å². The molecule has 0 aromatic carbocycles. The van der Waals surface area contributed by atoms with E-state index in [-0.39, 0.29) is 16.6 Å². The van der Waals surface area contributed by atoms with Crippen LogP contribution in [0.4, 0.5) is 5.69 Å². The van der Waals surface area contributed by atoms with E-state index in [0.29, 0.717) is 11.7 Å². The van der Waals surface area contributed by atoms with Gasteiger partial charge in [0.2, 0.25) is 0 Å². The van der Waals surface area contributed by atoms with Gasteiger partial charge in [-0.05, 0) is 13.8 Å². The molecule has 88 valence electrons. The number of nitrogens with zero attached hydrogens (tertiary/aromatic N) is 2. The number of hydrogen-bond donors (Lipinski definition) is 2. The van der Waals surface area contributed by atoms with E-state index in [1.165, 1.54) is 4.68 Å². The van der Waals surface area contributed by atoms with Crippen LogP contribution in [0.2, 0.25) is 5.02 Å². The standard InChI is InChI=1S/C10H15ClN4O/c1-6(2)15-10(16)9(11)8(5-13-15)14-7-3-12-4-7/h5-7,12,14H,3-4H2,1-2H3. The summed E-state index contributed by atoms with van der Waals surface area (Å²) in [5, 5.41) is 10.6. The average molecular weight is 243 g/mol. The Hall–Kier alpha value is -1.07. The predicted molar refractivity (Wildman–Crippen MR) is 64.2 cm³/mol. The zero-order valence-electron chi connectivity index (χ0n) is 9.33. The molecule has 2 rings (SSSR count). The van der Waals surface area contributed by atoms with Gasteiger partial charge in [0.05, 0.1) is 24.0 Å². The first kappa shape index (κ1) is 11.4. The maximum atomic E-state index is 11.8. The molecule has 0 bridgehead atoms. The Labute approximate surface area is 98.8 Å². The summed E-state index contributed by atoms with van der Waals surface area (Å²) in [6.07, 6.45) is 1.61. The van der Waals surface area contributed by atoms with Gasteiger partial charge in [0.15, 0.2) is 0 Å². The predicted octanol–water partition coefficient (Wildman–Crippen LogP) is 0.861. The second-order valence-corrected chi connectivity index (χ2v) is 4.59. The van der Waals surface area contributed by atoms with E-state index < -0.39 is 0 Å². The van der Waals surface area contributed by atoms with Gasteiger partial charge in [-0.25, -0.2) is 4.68 Å². The smallest absolute Gasteiger partial charge is 0.287 e. The summed E-state index contributed by atoms with van der Waals surface area (Å²) in [7, 11) is 0. The van der Waals surface area contributed by atoms with Crippen molar-refractivity contribution in [2.45, 2.75) is 25.9 Å². The van der Waals surface area contributed by atoms with Crippen molar-refractivity contribution in [3.05, 3.63) is 21.6 Å². The first-order chi connectivity index (χ1) is 7.59. The highest BCUT2D eigenvalue weighted by atomic mass is 35.5. The molecule has 1 aliphatic heterocycles. The first-order valence-corrected chi connectivity index (χ1v) is 5.72. The molecule has 0 saturated carbocycles. The molecule has 6 heteroatoms. The van der Waals surface area contributed by atoms with Crippen LogP contribution in [0.5, 0.6) is 0 Å². The number of hydrogen-bond acceptors (Lipinski definition) is 4. The third-order valence-electron chi connectivity index (χ3n) is 2.57. The summed E-state index contributed by atoms with van der Waals surface area (Å²) in [5.74, 6) is 0. The minimum atomic E-state index is -0.242. The summed E-state index contributed by atoms with van der Waals surface area (Å²) < 4.78 is 1.38. The fourth-order valence-corrected chi connectivity index (χ4v) is 1.71. The minimum Gasteiger partial charge on any atom is -0.377 e. The maximum absolute atomic E-state index is 11.8. The highest BCUT2D eigenvalue weighted by Crippen LogP contribution is 2.18. The van der Waals surface area contributed by atoms with E-state index in [1.54, 1.807) is 6.20 Å². The minimum absolute atomic E-state index is 0.0180. The molecule has 0 unspecified atom stereocenters. The summed E-state index contributed by atoms with van der Waals surface area (Å²) in [6.45, 7) is 5.58. The Morgan fingerprint density at radius 1 is 1.62 bits per heavy atom. The van der Waals surface area contributed by atoms with Gasteiger partial charge in [-0.15, -0.1) is 0 Å². The average Bonchev–Trinajstić information content (AvgIpc) is 2.17. The van der Waals surface area contributed by atoms with Gasteiger partial charge >= 0.3 is 0 Å². The molecule has 1 aromatic heterocycles. The van der Waals surface area contributed by atoms with Crippen LogP contribution in [0.25, 0.3) is 0 Å². The normalized spacial score (nSPS) is 16.2. The van der Waals surface area contributed by atoms with Crippen LogP contribution in [-0.2, 0) is 0 Å². The zero-order chi connectivity index (χ0) is 11.7. The second kappa shape index (κ2) is 4.43. The lowest BCUT2D eigenvalue weighted by atomic mass is 10.2. The summed E-state index contributed by atoms with van der Waals surface area (Å²) >= 11 is 6.01. The van der Waals surface area contributed by atoms with Crippen LogP contribution in [0.3, 0.4) is 0 Å². The van der Waals surface area contributed by atoms with Gasteiger partial charge < -0.3 is 10.6 Å². The molecule has 1 saturated heterocycles. The third kappa shape index (κ3) is 2.05. The van der Waals surface area contributed by atoms with E-state index in [9.17, 15) is 4.79 Å². The van der Waals surface area contributed by atoms with Crippen LogP contribution in [0.1, 0.15) is 19.9 Å². The monoisotopic (exact) mass is 242 g/mol. The van der Waals surface area contributed by atoms with Gasteiger partial charge in [0.25, 0.3) is 5.56 Å². The van der Waals surface area contributed by atoms with Crippen LogP contribution >= 0.6 is 11.6 Å². The Morgan fingerprint density at radius 2 is 2.31 bits per heavy atom. The molecule has 0 atom stereocenters. The van der Waals surface area contributed by atoms with Crippen LogP contribution in [-0.4, -0.2) is 28.9 Å². The maximum Gasteiger partial charge on any atom is 0.287 e. The summed E-state index contributed by atoms with van der Waals surface area (Å²) in [5.41, 5.74) is 0.379. The van der Waals surface area contributed by atoms with Gasteiger partial charge in [-0.1, -0.05) is 11.6 Å². The van der Waals surface area contributed by atoms with Crippen molar-refractivity contribution in [1.82, 2.24) is 15.1 Å². The first-order valence-electron chi connectivity index (χ1n) is 5.34. The third-order valence-corrected chi connectivity index (χ3v) is 2.94. The van der Waals surface area contributed by atoms with Crippen LogP contribution in [0.15, 0.2) is 11.0 Å². The van der Waals surface area contributed by atoms with E-state index in [2.05, 4.69) is 15.7 Å². The van der Waals surface area contributed by atoms with Crippen molar-refractivity contribution in [2.24, 2.45) is 0 Å². The fourth-order valence-electron chi connectivity index (χ4n) is 1.52. The molecule has 0 spiro atoms. The Kier molecular flexibility index (Phi) is 3.16. The van der Waals surface area contributed by atoms with Crippen molar-refractivity contribution in [2.75, 3.05) is 18.4 Å². The quantitative estimate of drug-likeness (QED) is 0.826. The van der Waals surface area contributed by atoms with Crippen molar-refractivity contribution in [3.8, 4) is 0 Å².